The molecule has 5 fully saturated rings. The lowest BCUT2D eigenvalue weighted by Gasteiger charge is -2.67. The maximum absolute atomic E-state index is 12.4. The summed E-state index contributed by atoms with van der Waals surface area (Å²) >= 11 is 0. The van der Waals surface area contributed by atoms with Crippen molar-refractivity contribution in [3.05, 3.63) is 11.6 Å². The minimum atomic E-state index is -1.46. The monoisotopic (exact) mass is 568 g/mol. The summed E-state index contributed by atoms with van der Waals surface area (Å²) < 4.78 is 16.8. The first-order valence-corrected chi connectivity index (χ1v) is 14.8. The van der Waals surface area contributed by atoms with Crippen LogP contribution in [0.1, 0.15) is 65.2 Å². The number of aliphatic hydroxyl groups excluding tert-OH is 5. The van der Waals surface area contributed by atoms with Crippen LogP contribution in [-0.2, 0) is 19.0 Å². The van der Waals surface area contributed by atoms with Crippen LogP contribution in [-0.4, -0.2) is 109 Å². The zero-order chi connectivity index (χ0) is 28.8. The van der Waals surface area contributed by atoms with Gasteiger partial charge in [-0.3, -0.25) is 0 Å². The molecule has 2 aliphatic heterocycles. The van der Waals surface area contributed by atoms with E-state index in [1.807, 2.05) is 6.92 Å². The summed E-state index contributed by atoms with van der Waals surface area (Å²) in [6.45, 7) is 3.41. The van der Waals surface area contributed by atoms with E-state index < -0.39 is 70.9 Å². The van der Waals surface area contributed by atoms with Gasteiger partial charge >= 0.3 is 5.97 Å². The van der Waals surface area contributed by atoms with Gasteiger partial charge in [0.05, 0.1) is 36.1 Å². The van der Waals surface area contributed by atoms with Crippen molar-refractivity contribution in [2.75, 3.05) is 13.2 Å². The highest BCUT2D eigenvalue weighted by atomic mass is 16.7. The fraction of sp³-hybridized carbons (Fsp3) is 0.897. The van der Waals surface area contributed by atoms with E-state index in [-0.39, 0.29) is 43.9 Å². The normalized spacial score (nSPS) is 56.1. The number of cyclic esters (lactones) is 1. The number of hydrogen-bond acceptors (Lipinski definition) is 11. The van der Waals surface area contributed by atoms with Crippen molar-refractivity contribution >= 4 is 5.97 Å². The molecule has 0 aromatic rings. The predicted octanol–water partition coefficient (Wildman–Crippen LogP) is -0.486. The Morgan fingerprint density at radius 1 is 1.00 bits per heavy atom. The minimum absolute atomic E-state index is 0.104. The molecule has 0 amide bonds. The first-order valence-electron chi connectivity index (χ1n) is 14.8. The van der Waals surface area contributed by atoms with Gasteiger partial charge in [0.2, 0.25) is 0 Å². The Labute approximate surface area is 233 Å². The second-order valence-corrected chi connectivity index (χ2v) is 13.7. The third-order valence-electron chi connectivity index (χ3n) is 12.1. The molecule has 14 atom stereocenters. The smallest absolute Gasteiger partial charge is 0.331 e. The molecule has 6 aliphatic rings. The molecule has 0 aromatic heterocycles. The lowest BCUT2D eigenvalue weighted by molar-refractivity contribution is -0.327. The first-order chi connectivity index (χ1) is 18.8. The molecule has 2 heterocycles. The van der Waals surface area contributed by atoms with E-state index in [2.05, 4.69) is 0 Å². The Hall–Kier alpha value is -1.15. The van der Waals surface area contributed by atoms with Gasteiger partial charge < -0.3 is 50.0 Å². The predicted molar refractivity (Wildman–Crippen MR) is 137 cm³/mol. The number of ether oxygens (including phenoxy) is 3. The molecule has 4 saturated carbocycles. The Balaban J connectivity index is 1.25. The van der Waals surface area contributed by atoms with E-state index in [4.69, 9.17) is 14.2 Å². The van der Waals surface area contributed by atoms with E-state index in [9.17, 15) is 40.5 Å². The van der Waals surface area contributed by atoms with Gasteiger partial charge in [-0.25, -0.2) is 4.79 Å². The molecule has 0 radical (unpaired) electrons. The molecule has 40 heavy (non-hydrogen) atoms. The average molecular weight is 569 g/mol. The number of rotatable bonds is 4. The summed E-state index contributed by atoms with van der Waals surface area (Å²) in [5.74, 6) is -1.38. The molecule has 0 spiro atoms. The van der Waals surface area contributed by atoms with Crippen molar-refractivity contribution in [3.8, 4) is 0 Å². The maximum Gasteiger partial charge on any atom is 0.331 e. The van der Waals surface area contributed by atoms with Crippen molar-refractivity contribution in [1.82, 2.24) is 0 Å². The van der Waals surface area contributed by atoms with Gasteiger partial charge in [-0.2, -0.15) is 0 Å². The van der Waals surface area contributed by atoms with Crippen LogP contribution in [0, 0.1) is 28.6 Å². The van der Waals surface area contributed by atoms with Gasteiger partial charge in [0.1, 0.15) is 24.9 Å². The summed E-state index contributed by atoms with van der Waals surface area (Å²) in [6, 6.07) is 0. The highest BCUT2D eigenvalue weighted by Gasteiger charge is 2.73. The summed E-state index contributed by atoms with van der Waals surface area (Å²) in [5.41, 5.74) is -3.43. The molecule has 0 unspecified atom stereocenters. The molecule has 0 aromatic carbocycles. The number of carbonyl (C=O) groups is 1. The zero-order valence-electron chi connectivity index (χ0n) is 23.2. The largest absolute Gasteiger partial charge is 0.458 e. The fourth-order valence-electron chi connectivity index (χ4n) is 10.0. The topological polar surface area (TPSA) is 186 Å². The molecule has 11 heteroatoms. The summed E-state index contributed by atoms with van der Waals surface area (Å²) in [7, 11) is 0. The van der Waals surface area contributed by atoms with Crippen LogP contribution in [0.25, 0.3) is 0 Å². The number of esters is 1. The van der Waals surface area contributed by atoms with Crippen molar-refractivity contribution in [1.29, 1.82) is 0 Å². The highest BCUT2D eigenvalue weighted by Crippen LogP contribution is 2.70. The molecular formula is C29H44O11. The third kappa shape index (κ3) is 3.85. The van der Waals surface area contributed by atoms with Crippen LogP contribution >= 0.6 is 0 Å². The maximum atomic E-state index is 12.4. The Bertz CT molecular complexity index is 1050. The molecule has 226 valence electrons. The Kier molecular flexibility index (Phi) is 7.01. The van der Waals surface area contributed by atoms with Crippen LogP contribution < -0.4 is 0 Å². The van der Waals surface area contributed by atoms with Crippen LogP contribution in [0.4, 0.5) is 0 Å². The first kappa shape index (κ1) is 28.9. The molecule has 7 N–H and O–H groups in total. The average Bonchev–Trinajstić information content (AvgIpc) is 3.45. The van der Waals surface area contributed by atoms with Gasteiger partial charge in [-0.15, -0.1) is 0 Å². The minimum Gasteiger partial charge on any atom is -0.458 e. The lowest BCUT2D eigenvalue weighted by atomic mass is 9.40. The van der Waals surface area contributed by atoms with Gasteiger partial charge in [0.15, 0.2) is 6.29 Å². The second-order valence-electron chi connectivity index (χ2n) is 13.7. The molecule has 0 bridgehead atoms. The van der Waals surface area contributed by atoms with E-state index in [1.165, 1.54) is 6.08 Å². The lowest BCUT2D eigenvalue weighted by Crippen LogP contribution is -2.72. The molecule has 1 saturated heterocycles. The Morgan fingerprint density at radius 2 is 1.75 bits per heavy atom. The van der Waals surface area contributed by atoms with Crippen LogP contribution in [0.5, 0.6) is 0 Å². The number of carbonyl (C=O) groups excluding carboxylic acids is 1. The summed E-state index contributed by atoms with van der Waals surface area (Å²) in [6.07, 6.45) is -2.94. The third-order valence-corrected chi connectivity index (χ3v) is 12.1. The molecule has 4 aliphatic carbocycles. The van der Waals surface area contributed by atoms with Gasteiger partial charge in [-0.1, -0.05) is 6.92 Å². The van der Waals surface area contributed by atoms with Crippen molar-refractivity contribution < 1.29 is 54.8 Å². The second kappa shape index (κ2) is 9.68. The number of hydrogen-bond donors (Lipinski definition) is 7. The van der Waals surface area contributed by atoms with Crippen LogP contribution in [0.15, 0.2) is 11.6 Å². The quantitative estimate of drug-likeness (QED) is 0.171. The Morgan fingerprint density at radius 3 is 2.42 bits per heavy atom. The van der Waals surface area contributed by atoms with E-state index in [1.54, 1.807) is 6.92 Å². The van der Waals surface area contributed by atoms with Crippen molar-refractivity contribution in [2.24, 2.45) is 28.6 Å². The fourth-order valence-corrected chi connectivity index (χ4v) is 10.0. The molecule has 11 nitrogen and oxygen atoms in total. The number of aliphatic hydroxyl groups is 7. The van der Waals surface area contributed by atoms with Crippen molar-refractivity contribution in [2.45, 2.75) is 119 Å². The summed E-state index contributed by atoms with van der Waals surface area (Å²) in [4.78, 5) is 11.8. The highest BCUT2D eigenvalue weighted by molar-refractivity contribution is 5.85. The van der Waals surface area contributed by atoms with E-state index in [0.717, 1.165) is 5.57 Å². The summed E-state index contributed by atoms with van der Waals surface area (Å²) in [5, 5.41) is 77.8. The van der Waals surface area contributed by atoms with Crippen LogP contribution in [0.2, 0.25) is 0 Å². The molecule has 6 rings (SSSR count). The zero-order valence-corrected chi connectivity index (χ0v) is 23.2. The van der Waals surface area contributed by atoms with Crippen LogP contribution in [0.3, 0.4) is 0 Å². The SMILES string of the molecule is C[C@@H]1O[C@H](O[C@@H]2CC[C@]3(CO)[C@H]4[C@H](O)C[C@]5(C)[C@H](C6=CC(=O)OC6)CC[C@]5(O)[C@@H]4CC[C@]3(O)C2)[C@H](O)[C@@H](O)[C@H]1O. The van der Waals surface area contributed by atoms with Gasteiger partial charge in [0.25, 0.3) is 0 Å². The van der Waals surface area contributed by atoms with Gasteiger partial charge in [0, 0.05) is 29.2 Å². The molecular weight excluding hydrogens is 524 g/mol. The number of fused-ring (bicyclic) bond motifs is 5. The van der Waals surface area contributed by atoms with E-state index >= 15 is 0 Å². The van der Waals surface area contributed by atoms with Crippen molar-refractivity contribution in [3.63, 3.8) is 0 Å². The van der Waals surface area contributed by atoms with Gasteiger partial charge in [-0.05, 0) is 69.3 Å². The van der Waals surface area contributed by atoms with E-state index in [0.29, 0.717) is 38.5 Å². The standard InChI is InChI=1S/C29H44O11/c1-14-22(33)23(34)24(35)25(39-14)40-16-3-6-27(13-30)21-18(4-7-28(27,36)10-16)29(37)8-5-17(15-9-20(32)38-12-15)26(29,2)11-19(21)31/h9,14,16-19,21-25,30-31,33-37H,3-8,10-13H2,1-2H3/t14-,16+,17-,18+,19+,21+,22-,23-,24+,25+,26+,27-,28-,29-/m0/s1.